The molecule has 2 saturated carbocycles. The minimum atomic E-state index is 0. The van der Waals surface area contributed by atoms with Gasteiger partial charge < -0.3 is 20.3 Å². The normalized spacial score (nSPS) is 32.5. The SMILES string of the molecule is CCN=C(NC1CCCN(c2cnn(C)c2)C1)NC1C2CCOC2C12CCCC2.I. The molecule has 30 heavy (non-hydrogen) atoms. The highest BCUT2D eigenvalue weighted by atomic mass is 127. The number of nitrogens with one attached hydrogen (secondary N) is 2. The molecule has 1 spiro atoms. The molecule has 5 rings (SSSR count). The number of guanidine groups is 1. The Morgan fingerprint density at radius 3 is 2.83 bits per heavy atom. The number of piperidine rings is 1. The number of hydrogen-bond donors (Lipinski definition) is 2. The third-order valence-corrected chi connectivity index (χ3v) is 7.71. The van der Waals surface area contributed by atoms with Crippen LogP contribution in [0.5, 0.6) is 0 Å². The second-order valence-corrected chi connectivity index (χ2v) is 9.43. The predicted octanol–water partition coefficient (Wildman–Crippen LogP) is 2.91. The molecule has 0 amide bonds. The Labute approximate surface area is 197 Å². The molecule has 2 N–H and O–H groups in total. The van der Waals surface area contributed by atoms with Gasteiger partial charge in [-0.2, -0.15) is 5.10 Å². The number of aliphatic imine (C=N–C) groups is 1. The van der Waals surface area contributed by atoms with E-state index in [-0.39, 0.29) is 24.0 Å². The average molecular weight is 528 g/mol. The summed E-state index contributed by atoms with van der Waals surface area (Å²) in [5.74, 6) is 1.67. The Bertz CT molecular complexity index is 746. The van der Waals surface area contributed by atoms with E-state index >= 15 is 0 Å². The van der Waals surface area contributed by atoms with E-state index < -0.39 is 0 Å². The summed E-state index contributed by atoms with van der Waals surface area (Å²) in [6.07, 6.45) is 13.5. The van der Waals surface area contributed by atoms with E-state index in [0.29, 0.717) is 29.5 Å². The molecule has 4 fully saturated rings. The Kier molecular flexibility index (Phi) is 6.82. The van der Waals surface area contributed by atoms with Gasteiger partial charge in [-0.15, -0.1) is 24.0 Å². The van der Waals surface area contributed by atoms with Gasteiger partial charge in [-0.3, -0.25) is 9.67 Å². The van der Waals surface area contributed by atoms with Gasteiger partial charge in [0.05, 0.1) is 18.0 Å². The van der Waals surface area contributed by atoms with Crippen LogP contribution in [0.2, 0.25) is 0 Å². The second-order valence-electron chi connectivity index (χ2n) is 9.43. The molecular formula is C22H37IN6O. The van der Waals surface area contributed by atoms with Crippen LogP contribution < -0.4 is 15.5 Å². The van der Waals surface area contributed by atoms with Gasteiger partial charge in [-0.25, -0.2) is 0 Å². The van der Waals surface area contributed by atoms with Crippen molar-refractivity contribution in [2.75, 3.05) is 31.1 Å². The molecule has 2 aliphatic carbocycles. The summed E-state index contributed by atoms with van der Waals surface area (Å²) < 4.78 is 8.05. The first-order valence-corrected chi connectivity index (χ1v) is 11.6. The molecule has 1 aromatic heterocycles. The maximum absolute atomic E-state index is 6.16. The van der Waals surface area contributed by atoms with Crippen LogP contribution in [0.4, 0.5) is 5.69 Å². The highest BCUT2D eigenvalue weighted by molar-refractivity contribution is 14.0. The summed E-state index contributed by atoms with van der Waals surface area (Å²) in [5, 5.41) is 12.0. The van der Waals surface area contributed by atoms with Gasteiger partial charge in [-0.05, 0) is 39.0 Å². The lowest BCUT2D eigenvalue weighted by molar-refractivity contribution is -0.125. The van der Waals surface area contributed by atoms with Crippen molar-refractivity contribution < 1.29 is 4.74 Å². The van der Waals surface area contributed by atoms with E-state index in [2.05, 4.69) is 33.8 Å². The molecule has 3 heterocycles. The summed E-state index contributed by atoms with van der Waals surface area (Å²) in [6.45, 7) is 5.97. The van der Waals surface area contributed by atoms with E-state index in [1.165, 1.54) is 50.6 Å². The van der Waals surface area contributed by atoms with Crippen molar-refractivity contribution in [3.05, 3.63) is 12.4 Å². The molecule has 4 unspecified atom stereocenters. The summed E-state index contributed by atoms with van der Waals surface area (Å²) in [6, 6.07) is 0.935. The van der Waals surface area contributed by atoms with Crippen LogP contribution >= 0.6 is 24.0 Å². The van der Waals surface area contributed by atoms with Crippen LogP contribution in [0.3, 0.4) is 0 Å². The molecule has 168 valence electrons. The molecule has 4 atom stereocenters. The highest BCUT2D eigenvalue weighted by Gasteiger charge is 2.65. The van der Waals surface area contributed by atoms with Crippen LogP contribution in [0.15, 0.2) is 17.4 Å². The standard InChI is InChI=1S/C22H36N6O.HI/c1-3-23-21(25-16-7-6-11-28(14-16)17-13-24-27(2)15-17)26-19-18-8-12-29-20(18)22(19)9-4-5-10-22;/h13,15-16,18-20H,3-12,14H2,1-2H3,(H2,23,25,26);1H. The van der Waals surface area contributed by atoms with E-state index in [1.54, 1.807) is 0 Å². The van der Waals surface area contributed by atoms with E-state index in [0.717, 1.165) is 32.2 Å². The zero-order valence-electron chi connectivity index (χ0n) is 18.3. The Morgan fingerprint density at radius 1 is 1.27 bits per heavy atom. The zero-order chi connectivity index (χ0) is 19.8. The third kappa shape index (κ3) is 3.94. The Hall–Kier alpha value is -1.03. The zero-order valence-corrected chi connectivity index (χ0v) is 20.7. The van der Waals surface area contributed by atoms with Crippen molar-refractivity contribution in [1.82, 2.24) is 20.4 Å². The summed E-state index contributed by atoms with van der Waals surface area (Å²) in [7, 11) is 1.98. The van der Waals surface area contributed by atoms with Crippen molar-refractivity contribution in [2.45, 2.75) is 70.1 Å². The molecular weight excluding hydrogens is 491 g/mol. The highest BCUT2D eigenvalue weighted by Crippen LogP contribution is 2.60. The van der Waals surface area contributed by atoms with Gasteiger partial charge in [0, 0.05) is 62.9 Å². The van der Waals surface area contributed by atoms with Crippen molar-refractivity contribution >= 4 is 35.6 Å². The monoisotopic (exact) mass is 528 g/mol. The van der Waals surface area contributed by atoms with Crippen LogP contribution in [0, 0.1) is 11.3 Å². The van der Waals surface area contributed by atoms with Gasteiger partial charge in [0.25, 0.3) is 0 Å². The molecule has 2 saturated heterocycles. The first kappa shape index (κ1) is 22.2. The number of halogens is 1. The molecule has 8 heteroatoms. The fourth-order valence-corrected chi connectivity index (χ4v) is 6.44. The predicted molar refractivity (Wildman–Crippen MR) is 131 cm³/mol. The number of anilines is 1. The van der Waals surface area contributed by atoms with Gasteiger partial charge in [0.1, 0.15) is 0 Å². The van der Waals surface area contributed by atoms with Gasteiger partial charge in [0.2, 0.25) is 0 Å². The lowest BCUT2D eigenvalue weighted by atomic mass is 9.54. The van der Waals surface area contributed by atoms with Crippen molar-refractivity contribution in [1.29, 1.82) is 0 Å². The van der Waals surface area contributed by atoms with Gasteiger partial charge >= 0.3 is 0 Å². The van der Waals surface area contributed by atoms with Crippen LogP contribution in [0.1, 0.15) is 51.9 Å². The van der Waals surface area contributed by atoms with Crippen molar-refractivity contribution in [2.24, 2.45) is 23.4 Å². The molecule has 0 aromatic carbocycles. The topological polar surface area (TPSA) is 66.7 Å². The number of aryl methyl sites for hydroxylation is 1. The summed E-state index contributed by atoms with van der Waals surface area (Å²) in [5.41, 5.74) is 1.57. The molecule has 0 radical (unpaired) electrons. The van der Waals surface area contributed by atoms with E-state index in [9.17, 15) is 0 Å². The lowest BCUT2D eigenvalue weighted by Gasteiger charge is -2.57. The number of rotatable bonds is 4. The maximum Gasteiger partial charge on any atom is 0.191 e. The molecule has 4 aliphatic rings. The fourth-order valence-electron chi connectivity index (χ4n) is 6.44. The van der Waals surface area contributed by atoms with Gasteiger partial charge in [-0.1, -0.05) is 12.8 Å². The summed E-state index contributed by atoms with van der Waals surface area (Å²) >= 11 is 0. The minimum Gasteiger partial charge on any atom is -0.377 e. The van der Waals surface area contributed by atoms with Crippen LogP contribution in [-0.2, 0) is 11.8 Å². The molecule has 1 aromatic rings. The average Bonchev–Trinajstić information content (AvgIpc) is 3.46. The second kappa shape index (κ2) is 9.22. The number of nitrogens with zero attached hydrogens (tertiary/aromatic N) is 4. The molecule has 7 nitrogen and oxygen atoms in total. The minimum absolute atomic E-state index is 0. The van der Waals surface area contributed by atoms with Crippen molar-refractivity contribution in [3.8, 4) is 0 Å². The van der Waals surface area contributed by atoms with E-state index in [4.69, 9.17) is 9.73 Å². The molecule has 2 aliphatic heterocycles. The smallest absolute Gasteiger partial charge is 0.191 e. The Morgan fingerprint density at radius 2 is 2.10 bits per heavy atom. The number of ether oxygens (including phenoxy) is 1. The van der Waals surface area contributed by atoms with E-state index in [1.807, 2.05) is 17.9 Å². The Balaban J connectivity index is 0.00000218. The maximum atomic E-state index is 6.16. The number of aromatic nitrogens is 2. The fraction of sp³-hybridized carbons (Fsp3) is 0.818. The summed E-state index contributed by atoms with van der Waals surface area (Å²) in [4.78, 5) is 7.27. The van der Waals surface area contributed by atoms with Crippen molar-refractivity contribution in [3.63, 3.8) is 0 Å². The number of fused-ring (bicyclic) bond motifs is 2. The van der Waals surface area contributed by atoms with Crippen LogP contribution in [0.25, 0.3) is 0 Å². The first-order chi connectivity index (χ1) is 14.2. The van der Waals surface area contributed by atoms with Crippen LogP contribution in [-0.4, -0.2) is 60.2 Å². The lowest BCUT2D eigenvalue weighted by Crippen LogP contribution is -2.69. The first-order valence-electron chi connectivity index (χ1n) is 11.6. The number of hydrogen-bond acceptors (Lipinski definition) is 4. The van der Waals surface area contributed by atoms with Gasteiger partial charge in [0.15, 0.2) is 5.96 Å². The largest absolute Gasteiger partial charge is 0.377 e. The molecule has 0 bridgehead atoms. The third-order valence-electron chi connectivity index (χ3n) is 7.71. The quantitative estimate of drug-likeness (QED) is 0.358.